The molecule has 0 atom stereocenters. The van der Waals surface area contributed by atoms with E-state index in [1.807, 2.05) is 6.92 Å². The van der Waals surface area contributed by atoms with Crippen LogP contribution in [-0.2, 0) is 4.84 Å². The lowest BCUT2D eigenvalue weighted by Gasteiger charge is -2.09. The average molecular weight is 242 g/mol. The van der Waals surface area contributed by atoms with Crippen LogP contribution in [0.25, 0.3) is 0 Å². The summed E-state index contributed by atoms with van der Waals surface area (Å²) in [5, 5.41) is 3.77. The number of halogens is 2. The largest absolute Gasteiger partial charge is 0.383 e. The summed E-state index contributed by atoms with van der Waals surface area (Å²) in [4.78, 5) is 4.77. The quantitative estimate of drug-likeness (QED) is 0.317. The van der Waals surface area contributed by atoms with Crippen LogP contribution < -0.4 is 11.5 Å². The Bertz CT molecular complexity index is 188. The van der Waals surface area contributed by atoms with Gasteiger partial charge in [0.1, 0.15) is 0 Å². The smallest absolute Gasteiger partial charge is 0.177 e. The van der Waals surface area contributed by atoms with E-state index in [0.717, 1.165) is 5.71 Å². The Morgan fingerprint density at radius 3 is 2.29 bits per heavy atom. The highest BCUT2D eigenvalue weighted by Gasteiger charge is 2.07. The van der Waals surface area contributed by atoms with Gasteiger partial charge in [-0.3, -0.25) is 0 Å². The van der Waals surface area contributed by atoms with E-state index >= 15 is 0 Å². The Labute approximate surface area is 97.2 Å². The van der Waals surface area contributed by atoms with Crippen LogP contribution in [0, 0.1) is 18.3 Å². The third kappa shape index (κ3) is 8.14. The zero-order valence-electron chi connectivity index (χ0n) is 8.10. The van der Waals surface area contributed by atoms with Gasteiger partial charge in [0.25, 0.3) is 0 Å². The van der Waals surface area contributed by atoms with Crippen molar-refractivity contribution in [3.8, 4) is 12.3 Å². The van der Waals surface area contributed by atoms with Crippen LogP contribution in [0.3, 0.4) is 0 Å². The first kappa shape index (κ1) is 19.2. The molecule has 6 heteroatoms. The Hall–Kier alpha value is -0.470. The normalized spacial score (nSPS) is 9.79. The lowest BCUT2D eigenvalue weighted by atomic mass is 10.1. The lowest BCUT2D eigenvalue weighted by molar-refractivity contribution is 0.177. The van der Waals surface area contributed by atoms with Gasteiger partial charge in [0.2, 0.25) is 0 Å². The number of nitrogens with two attached hydrogens (primary N) is 2. The van der Waals surface area contributed by atoms with Crippen molar-refractivity contribution in [1.29, 1.82) is 0 Å². The summed E-state index contributed by atoms with van der Waals surface area (Å²) in [7, 11) is 0. The first-order chi connectivity index (χ1) is 5.76. The molecule has 0 aromatic rings. The van der Waals surface area contributed by atoms with E-state index in [4.69, 9.17) is 22.7 Å². The van der Waals surface area contributed by atoms with Crippen molar-refractivity contribution in [2.75, 3.05) is 19.7 Å². The molecule has 0 bridgehead atoms. The molecule has 4 N–H and O–H groups in total. The molecule has 0 aliphatic heterocycles. The monoisotopic (exact) mass is 241 g/mol. The van der Waals surface area contributed by atoms with Gasteiger partial charge in [-0.2, -0.15) is 0 Å². The van der Waals surface area contributed by atoms with Gasteiger partial charge in [-0.05, 0) is 6.92 Å². The third-order valence-electron chi connectivity index (χ3n) is 1.52. The number of oxime groups is 1. The van der Waals surface area contributed by atoms with Crippen LogP contribution in [-0.4, -0.2) is 25.4 Å². The van der Waals surface area contributed by atoms with Crippen molar-refractivity contribution >= 4 is 30.5 Å². The Kier molecular flexibility index (Phi) is 17.1. The van der Waals surface area contributed by atoms with E-state index in [-0.39, 0.29) is 37.3 Å². The maximum Gasteiger partial charge on any atom is 0.177 e. The number of hydrogen-bond acceptors (Lipinski definition) is 4. The molecule has 0 fully saturated rings. The van der Waals surface area contributed by atoms with Crippen molar-refractivity contribution in [3.63, 3.8) is 0 Å². The number of nitrogens with zero attached hydrogens (tertiary/aromatic N) is 1. The van der Waals surface area contributed by atoms with Crippen molar-refractivity contribution in [2.45, 2.75) is 6.92 Å². The molecule has 0 rings (SSSR count). The van der Waals surface area contributed by atoms with Crippen LogP contribution in [0.2, 0.25) is 0 Å². The summed E-state index contributed by atoms with van der Waals surface area (Å²) < 4.78 is 0. The molecule has 0 aromatic carbocycles. The molecule has 14 heavy (non-hydrogen) atoms. The molecule has 84 valence electrons. The Balaban J connectivity index is -0.000000605. The standard InChI is InChI=1S/C8H15N3O.2ClH/c1-3-4-12-11-7(2)8(5-9)6-10;;/h1,8H,4-6,9-10H2,2H3;2*1H. The molecular formula is C8H17Cl2N3O. The van der Waals surface area contributed by atoms with Crippen molar-refractivity contribution < 1.29 is 4.84 Å². The minimum Gasteiger partial charge on any atom is -0.383 e. The fraction of sp³-hybridized carbons (Fsp3) is 0.625. The van der Waals surface area contributed by atoms with Gasteiger partial charge in [-0.25, -0.2) is 0 Å². The van der Waals surface area contributed by atoms with Gasteiger partial charge in [-0.15, -0.1) is 31.2 Å². The molecule has 0 aliphatic carbocycles. The van der Waals surface area contributed by atoms with E-state index in [1.54, 1.807) is 0 Å². The van der Waals surface area contributed by atoms with Gasteiger partial charge in [-0.1, -0.05) is 11.1 Å². The fourth-order valence-corrected chi connectivity index (χ4v) is 0.683. The fourth-order valence-electron chi connectivity index (χ4n) is 0.683. The summed E-state index contributed by atoms with van der Waals surface area (Å²) in [6.07, 6.45) is 4.96. The SMILES string of the molecule is C#CCON=C(C)C(CN)CN.Cl.Cl. The maximum absolute atomic E-state index is 5.43. The van der Waals surface area contributed by atoms with Gasteiger partial charge < -0.3 is 16.3 Å². The third-order valence-corrected chi connectivity index (χ3v) is 1.52. The summed E-state index contributed by atoms with van der Waals surface area (Å²) in [5.41, 5.74) is 11.7. The van der Waals surface area contributed by atoms with Gasteiger partial charge in [0.15, 0.2) is 6.61 Å². The van der Waals surface area contributed by atoms with Gasteiger partial charge >= 0.3 is 0 Å². The minimum atomic E-state index is 0. The first-order valence-electron chi connectivity index (χ1n) is 3.76. The lowest BCUT2D eigenvalue weighted by Crippen LogP contribution is -2.29. The highest BCUT2D eigenvalue weighted by Crippen LogP contribution is 1.95. The van der Waals surface area contributed by atoms with Gasteiger partial charge in [0.05, 0.1) is 5.71 Å². The summed E-state index contributed by atoms with van der Waals surface area (Å²) in [5.74, 6) is 2.39. The molecule has 0 amide bonds. The summed E-state index contributed by atoms with van der Waals surface area (Å²) in [6, 6.07) is 0. The molecular weight excluding hydrogens is 225 g/mol. The van der Waals surface area contributed by atoms with E-state index < -0.39 is 0 Å². The molecule has 0 spiro atoms. The zero-order valence-corrected chi connectivity index (χ0v) is 9.74. The van der Waals surface area contributed by atoms with Crippen LogP contribution in [0.4, 0.5) is 0 Å². The number of terminal acetylenes is 1. The minimum absolute atomic E-state index is 0. The molecule has 0 saturated heterocycles. The number of hydrogen-bond donors (Lipinski definition) is 2. The van der Waals surface area contributed by atoms with Crippen molar-refractivity contribution in [3.05, 3.63) is 0 Å². The molecule has 0 aliphatic rings. The highest BCUT2D eigenvalue weighted by atomic mass is 35.5. The van der Waals surface area contributed by atoms with Gasteiger partial charge in [0, 0.05) is 19.0 Å². The number of rotatable bonds is 5. The van der Waals surface area contributed by atoms with Crippen molar-refractivity contribution in [2.24, 2.45) is 22.5 Å². The van der Waals surface area contributed by atoms with E-state index in [9.17, 15) is 0 Å². The Morgan fingerprint density at radius 2 is 1.93 bits per heavy atom. The van der Waals surface area contributed by atoms with E-state index in [1.165, 1.54) is 0 Å². The topological polar surface area (TPSA) is 73.6 Å². The van der Waals surface area contributed by atoms with Crippen molar-refractivity contribution in [1.82, 2.24) is 0 Å². The first-order valence-corrected chi connectivity index (χ1v) is 3.76. The second kappa shape index (κ2) is 12.5. The predicted molar refractivity (Wildman–Crippen MR) is 64.0 cm³/mol. The average Bonchev–Trinajstić information content (AvgIpc) is 2.07. The molecule has 0 aromatic heterocycles. The maximum atomic E-state index is 5.43. The van der Waals surface area contributed by atoms with Crippen LogP contribution in [0.5, 0.6) is 0 Å². The highest BCUT2D eigenvalue weighted by molar-refractivity contribution is 5.85. The molecule has 0 heterocycles. The van der Waals surface area contributed by atoms with Crippen LogP contribution in [0.15, 0.2) is 5.16 Å². The molecule has 4 nitrogen and oxygen atoms in total. The van der Waals surface area contributed by atoms with Crippen LogP contribution >= 0.6 is 24.8 Å². The second-order valence-electron chi connectivity index (χ2n) is 2.38. The van der Waals surface area contributed by atoms with E-state index in [2.05, 4.69) is 11.1 Å². The predicted octanol–water partition coefficient (Wildman–Crippen LogP) is 0.389. The summed E-state index contributed by atoms with van der Waals surface area (Å²) >= 11 is 0. The Morgan fingerprint density at radius 1 is 1.43 bits per heavy atom. The van der Waals surface area contributed by atoms with E-state index in [0.29, 0.717) is 13.1 Å². The molecule has 0 radical (unpaired) electrons. The molecule has 0 saturated carbocycles. The molecule has 0 unspecified atom stereocenters. The zero-order chi connectivity index (χ0) is 9.40. The van der Waals surface area contributed by atoms with Crippen LogP contribution in [0.1, 0.15) is 6.92 Å². The summed E-state index contributed by atoms with van der Waals surface area (Å²) in [6.45, 7) is 2.95. The second-order valence-corrected chi connectivity index (χ2v) is 2.38.